The minimum atomic E-state index is -0.277. The van der Waals surface area contributed by atoms with Crippen LogP contribution >= 0.6 is 23.4 Å². The quantitative estimate of drug-likeness (QED) is 0.850. The van der Waals surface area contributed by atoms with E-state index in [4.69, 9.17) is 23.1 Å². The van der Waals surface area contributed by atoms with Crippen LogP contribution in [0.2, 0.25) is 5.02 Å². The number of anilines is 1. The SMILES string of the molecule is Nc1ncc(Cl)cc1C(N)CSc1ccc(F)cc1. The molecule has 1 heterocycles. The van der Waals surface area contributed by atoms with Crippen LogP contribution in [-0.2, 0) is 0 Å². The third-order valence-electron chi connectivity index (χ3n) is 2.56. The highest BCUT2D eigenvalue weighted by Gasteiger charge is 2.12. The van der Waals surface area contributed by atoms with Crippen LogP contribution in [-0.4, -0.2) is 10.7 Å². The standard InChI is InChI=1S/C13H13ClFN3S/c14-8-5-11(13(17)18-6-8)12(16)7-19-10-3-1-9(15)2-4-10/h1-6,12H,7,16H2,(H2,17,18). The van der Waals surface area contributed by atoms with Gasteiger partial charge in [0.2, 0.25) is 0 Å². The van der Waals surface area contributed by atoms with Crippen molar-refractivity contribution in [1.29, 1.82) is 0 Å². The number of benzene rings is 1. The average Bonchev–Trinajstić information content (AvgIpc) is 2.40. The molecule has 0 bridgehead atoms. The van der Waals surface area contributed by atoms with Gasteiger partial charge in [0.15, 0.2) is 0 Å². The monoisotopic (exact) mass is 297 g/mol. The highest BCUT2D eigenvalue weighted by molar-refractivity contribution is 7.99. The lowest BCUT2D eigenvalue weighted by atomic mass is 10.1. The molecule has 4 N–H and O–H groups in total. The van der Waals surface area contributed by atoms with Crippen molar-refractivity contribution in [2.24, 2.45) is 5.73 Å². The summed E-state index contributed by atoms with van der Waals surface area (Å²) in [5.74, 6) is 0.742. The lowest BCUT2D eigenvalue weighted by Crippen LogP contribution is -2.15. The van der Waals surface area contributed by atoms with Gasteiger partial charge in [0.1, 0.15) is 11.6 Å². The number of nitrogens with zero attached hydrogens (tertiary/aromatic N) is 1. The summed E-state index contributed by atoms with van der Waals surface area (Å²) in [6.07, 6.45) is 1.49. The first kappa shape index (κ1) is 14.1. The average molecular weight is 298 g/mol. The lowest BCUT2D eigenvalue weighted by Gasteiger charge is -2.13. The van der Waals surface area contributed by atoms with Gasteiger partial charge in [-0.25, -0.2) is 9.37 Å². The van der Waals surface area contributed by atoms with Gasteiger partial charge in [0, 0.05) is 28.5 Å². The first-order valence-electron chi connectivity index (χ1n) is 5.61. The summed E-state index contributed by atoms with van der Waals surface area (Å²) in [7, 11) is 0. The first-order valence-corrected chi connectivity index (χ1v) is 6.97. The van der Waals surface area contributed by atoms with Crippen molar-refractivity contribution >= 4 is 29.2 Å². The van der Waals surface area contributed by atoms with E-state index in [0.29, 0.717) is 16.6 Å². The molecule has 0 saturated carbocycles. The highest BCUT2D eigenvalue weighted by Crippen LogP contribution is 2.27. The van der Waals surface area contributed by atoms with E-state index in [-0.39, 0.29) is 11.9 Å². The molecular weight excluding hydrogens is 285 g/mol. The van der Waals surface area contributed by atoms with Crippen LogP contribution in [0.1, 0.15) is 11.6 Å². The molecule has 0 saturated heterocycles. The topological polar surface area (TPSA) is 64.9 Å². The Bertz CT molecular complexity index is 562. The second kappa shape index (κ2) is 6.23. The molecule has 0 fully saturated rings. The number of rotatable bonds is 4. The van der Waals surface area contributed by atoms with Crippen molar-refractivity contribution in [3.63, 3.8) is 0 Å². The maximum absolute atomic E-state index is 12.8. The molecule has 2 aromatic rings. The van der Waals surface area contributed by atoms with E-state index in [1.54, 1.807) is 18.2 Å². The smallest absolute Gasteiger partial charge is 0.128 e. The highest BCUT2D eigenvalue weighted by atomic mass is 35.5. The summed E-state index contributed by atoms with van der Waals surface area (Å²) >= 11 is 7.40. The Kier molecular flexibility index (Phi) is 4.63. The van der Waals surface area contributed by atoms with E-state index < -0.39 is 0 Å². The fourth-order valence-electron chi connectivity index (χ4n) is 1.57. The van der Waals surface area contributed by atoms with Crippen LogP contribution in [0.25, 0.3) is 0 Å². The van der Waals surface area contributed by atoms with Gasteiger partial charge in [-0.05, 0) is 30.3 Å². The molecule has 19 heavy (non-hydrogen) atoms. The summed E-state index contributed by atoms with van der Waals surface area (Å²) in [6, 6.07) is 7.71. The van der Waals surface area contributed by atoms with Gasteiger partial charge in [-0.3, -0.25) is 0 Å². The van der Waals surface area contributed by atoms with Gasteiger partial charge in [0.05, 0.1) is 5.02 Å². The van der Waals surface area contributed by atoms with Crippen molar-refractivity contribution in [2.45, 2.75) is 10.9 Å². The van der Waals surface area contributed by atoms with E-state index in [1.165, 1.54) is 30.1 Å². The molecule has 1 atom stereocenters. The van der Waals surface area contributed by atoms with Crippen molar-refractivity contribution in [3.05, 3.63) is 52.9 Å². The summed E-state index contributed by atoms with van der Waals surface area (Å²) in [5.41, 5.74) is 12.6. The molecule has 100 valence electrons. The molecular formula is C13H13ClFN3S. The number of hydrogen-bond donors (Lipinski definition) is 2. The Morgan fingerprint density at radius 3 is 2.68 bits per heavy atom. The fraction of sp³-hybridized carbons (Fsp3) is 0.154. The van der Waals surface area contributed by atoms with Gasteiger partial charge < -0.3 is 11.5 Å². The molecule has 1 aromatic heterocycles. The Hall–Kier alpha value is -1.30. The fourth-order valence-corrected chi connectivity index (χ4v) is 2.62. The zero-order valence-electron chi connectivity index (χ0n) is 10.0. The predicted molar refractivity (Wildman–Crippen MR) is 77.7 cm³/mol. The van der Waals surface area contributed by atoms with E-state index in [1.807, 2.05) is 0 Å². The maximum Gasteiger partial charge on any atom is 0.128 e. The second-order valence-electron chi connectivity index (χ2n) is 4.00. The molecule has 1 aromatic carbocycles. The molecule has 0 aliphatic heterocycles. The van der Waals surface area contributed by atoms with Gasteiger partial charge in [-0.1, -0.05) is 11.6 Å². The summed E-state index contributed by atoms with van der Waals surface area (Å²) < 4.78 is 12.8. The molecule has 0 spiro atoms. The molecule has 1 unspecified atom stereocenters. The van der Waals surface area contributed by atoms with Crippen LogP contribution in [0.5, 0.6) is 0 Å². The Labute approximate surface area is 120 Å². The Morgan fingerprint density at radius 1 is 1.32 bits per heavy atom. The summed E-state index contributed by atoms with van der Waals surface area (Å²) in [6.45, 7) is 0. The minimum Gasteiger partial charge on any atom is -0.383 e. The number of nitrogens with two attached hydrogens (primary N) is 2. The lowest BCUT2D eigenvalue weighted by molar-refractivity contribution is 0.626. The van der Waals surface area contributed by atoms with E-state index in [2.05, 4.69) is 4.98 Å². The maximum atomic E-state index is 12.8. The van der Waals surface area contributed by atoms with Crippen molar-refractivity contribution in [2.75, 3.05) is 11.5 Å². The van der Waals surface area contributed by atoms with Crippen molar-refractivity contribution < 1.29 is 4.39 Å². The van der Waals surface area contributed by atoms with Crippen LogP contribution in [0.15, 0.2) is 41.4 Å². The van der Waals surface area contributed by atoms with Crippen LogP contribution in [0.3, 0.4) is 0 Å². The van der Waals surface area contributed by atoms with E-state index in [9.17, 15) is 4.39 Å². The Balaban J connectivity index is 2.03. The number of aromatic nitrogens is 1. The van der Waals surface area contributed by atoms with Gasteiger partial charge in [-0.15, -0.1) is 11.8 Å². The van der Waals surface area contributed by atoms with Gasteiger partial charge in [-0.2, -0.15) is 0 Å². The van der Waals surface area contributed by atoms with E-state index in [0.717, 1.165) is 10.5 Å². The first-order chi connectivity index (χ1) is 9.06. The molecule has 6 heteroatoms. The summed E-state index contributed by atoms with van der Waals surface area (Å²) in [5, 5.41) is 0.506. The van der Waals surface area contributed by atoms with Crippen molar-refractivity contribution in [3.8, 4) is 0 Å². The minimum absolute atomic E-state index is 0.253. The second-order valence-corrected chi connectivity index (χ2v) is 5.53. The molecule has 0 radical (unpaired) electrons. The predicted octanol–water partition coefficient (Wildman–Crippen LogP) is 3.25. The van der Waals surface area contributed by atoms with Crippen LogP contribution in [0.4, 0.5) is 10.2 Å². The largest absolute Gasteiger partial charge is 0.383 e. The zero-order valence-corrected chi connectivity index (χ0v) is 11.6. The van der Waals surface area contributed by atoms with Gasteiger partial charge in [0.25, 0.3) is 0 Å². The molecule has 2 rings (SSSR count). The summed E-state index contributed by atoms with van der Waals surface area (Å²) in [4.78, 5) is 4.92. The third-order valence-corrected chi connectivity index (χ3v) is 3.90. The number of nitrogen functional groups attached to an aromatic ring is 1. The third kappa shape index (κ3) is 3.83. The van der Waals surface area contributed by atoms with Crippen LogP contribution in [0, 0.1) is 5.82 Å². The van der Waals surface area contributed by atoms with E-state index >= 15 is 0 Å². The zero-order chi connectivity index (χ0) is 13.8. The molecule has 0 aliphatic rings. The normalized spacial score (nSPS) is 12.4. The van der Waals surface area contributed by atoms with Crippen LogP contribution < -0.4 is 11.5 Å². The number of pyridine rings is 1. The number of thioether (sulfide) groups is 1. The van der Waals surface area contributed by atoms with Gasteiger partial charge >= 0.3 is 0 Å². The molecule has 3 nitrogen and oxygen atoms in total. The number of halogens is 2. The number of hydrogen-bond acceptors (Lipinski definition) is 4. The Morgan fingerprint density at radius 2 is 2.00 bits per heavy atom. The van der Waals surface area contributed by atoms with Crippen molar-refractivity contribution in [1.82, 2.24) is 4.98 Å². The molecule has 0 aliphatic carbocycles. The molecule has 0 amide bonds.